The molecule has 1 N–H and O–H groups in total. The van der Waals surface area contributed by atoms with E-state index in [0.717, 1.165) is 17.7 Å². The van der Waals surface area contributed by atoms with Crippen LogP contribution in [-0.2, 0) is 27.9 Å². The van der Waals surface area contributed by atoms with Gasteiger partial charge in [-0.15, -0.1) is 0 Å². The first kappa shape index (κ1) is 21.6. The molecule has 0 bridgehead atoms. The van der Waals surface area contributed by atoms with Crippen LogP contribution in [-0.4, -0.2) is 44.6 Å². The smallest absolute Gasteiger partial charge is 0.244 e. The highest BCUT2D eigenvalue weighted by molar-refractivity contribution is 7.93. The van der Waals surface area contributed by atoms with Crippen LogP contribution in [0.3, 0.4) is 0 Å². The first-order valence-corrected chi connectivity index (χ1v) is 12.5. The lowest BCUT2D eigenvalue weighted by Gasteiger charge is -2.16. The van der Waals surface area contributed by atoms with Crippen LogP contribution in [0.15, 0.2) is 54.6 Å². The summed E-state index contributed by atoms with van der Waals surface area (Å²) in [5.41, 5.74) is 3.90. The van der Waals surface area contributed by atoms with E-state index < -0.39 is 10.0 Å². The van der Waals surface area contributed by atoms with Gasteiger partial charge in [-0.05, 0) is 67.3 Å². The summed E-state index contributed by atoms with van der Waals surface area (Å²) >= 11 is 0. The molecule has 2 aromatic rings. The van der Waals surface area contributed by atoms with Crippen molar-refractivity contribution in [2.24, 2.45) is 0 Å². The molecule has 31 heavy (non-hydrogen) atoms. The number of sulfonamides is 1. The zero-order valence-corrected chi connectivity index (χ0v) is 18.5. The van der Waals surface area contributed by atoms with Gasteiger partial charge in [-0.25, -0.2) is 8.42 Å². The van der Waals surface area contributed by atoms with Crippen molar-refractivity contribution in [1.29, 1.82) is 0 Å². The Hall–Kier alpha value is -2.64. The average Bonchev–Trinajstić information content (AvgIpc) is 3.41. The standard InChI is InChI=1S/C24H29N3O3S/c28-24(25-18-21-4-6-22(7-5-21)19-26-14-1-2-15-26)13-10-20-8-11-23(12-9-20)27-16-3-17-31(27,29)30/h4-13H,1-3,14-19H2,(H,25,28)/b13-10+. The number of benzene rings is 2. The molecule has 7 heteroatoms. The number of hydrogen-bond donors (Lipinski definition) is 1. The van der Waals surface area contributed by atoms with Gasteiger partial charge in [0.25, 0.3) is 0 Å². The molecule has 0 aromatic heterocycles. The summed E-state index contributed by atoms with van der Waals surface area (Å²) in [4.78, 5) is 14.6. The third kappa shape index (κ3) is 5.74. The maximum absolute atomic E-state index is 12.2. The normalized spacial score (nSPS) is 18.6. The van der Waals surface area contributed by atoms with E-state index in [2.05, 4.69) is 34.5 Å². The fraction of sp³-hybridized carbons (Fsp3) is 0.375. The average molecular weight is 440 g/mol. The second kappa shape index (κ2) is 9.66. The van der Waals surface area contributed by atoms with Crippen molar-refractivity contribution in [2.45, 2.75) is 32.4 Å². The van der Waals surface area contributed by atoms with Gasteiger partial charge < -0.3 is 5.32 Å². The SMILES string of the molecule is O=C(/C=C/c1ccc(N2CCCS2(=O)=O)cc1)NCc1ccc(CN2CCCC2)cc1. The van der Waals surface area contributed by atoms with Crippen LogP contribution in [0.4, 0.5) is 5.69 Å². The molecule has 2 aliphatic rings. The zero-order chi connectivity index (χ0) is 21.7. The van der Waals surface area contributed by atoms with Gasteiger partial charge in [0.05, 0.1) is 11.4 Å². The predicted octanol–water partition coefficient (Wildman–Crippen LogP) is 3.15. The number of nitrogens with one attached hydrogen (secondary N) is 1. The van der Waals surface area contributed by atoms with E-state index in [1.54, 1.807) is 18.2 Å². The van der Waals surface area contributed by atoms with E-state index in [1.807, 2.05) is 12.1 Å². The molecule has 6 nitrogen and oxygen atoms in total. The summed E-state index contributed by atoms with van der Waals surface area (Å²) in [7, 11) is -3.17. The Morgan fingerprint density at radius 1 is 0.903 bits per heavy atom. The Balaban J connectivity index is 1.25. The molecular formula is C24H29N3O3S. The highest BCUT2D eigenvalue weighted by Gasteiger charge is 2.28. The van der Waals surface area contributed by atoms with Crippen molar-refractivity contribution >= 4 is 27.7 Å². The van der Waals surface area contributed by atoms with Crippen molar-refractivity contribution in [3.05, 3.63) is 71.3 Å². The molecular weight excluding hydrogens is 410 g/mol. The minimum absolute atomic E-state index is 0.160. The van der Waals surface area contributed by atoms with E-state index in [0.29, 0.717) is 25.2 Å². The van der Waals surface area contributed by atoms with E-state index >= 15 is 0 Å². The summed E-state index contributed by atoms with van der Waals surface area (Å²) in [6.45, 7) is 4.38. The minimum Gasteiger partial charge on any atom is -0.348 e. The molecule has 4 rings (SSSR count). The molecule has 2 fully saturated rings. The maximum Gasteiger partial charge on any atom is 0.244 e. The molecule has 0 aliphatic carbocycles. The second-order valence-corrected chi connectivity index (χ2v) is 10.2. The van der Waals surface area contributed by atoms with E-state index in [4.69, 9.17) is 0 Å². The molecule has 0 saturated carbocycles. The third-order valence-electron chi connectivity index (χ3n) is 5.80. The summed E-state index contributed by atoms with van der Waals surface area (Å²) in [5.74, 6) is 0.0445. The topological polar surface area (TPSA) is 69.7 Å². The summed E-state index contributed by atoms with van der Waals surface area (Å²) in [5, 5.41) is 2.90. The molecule has 0 unspecified atom stereocenters. The summed E-state index contributed by atoms with van der Waals surface area (Å²) in [6.07, 6.45) is 6.48. The van der Waals surface area contributed by atoms with Gasteiger partial charge in [0.2, 0.25) is 15.9 Å². The number of hydrogen-bond acceptors (Lipinski definition) is 4. The van der Waals surface area contributed by atoms with Crippen LogP contribution in [0.1, 0.15) is 36.0 Å². The highest BCUT2D eigenvalue weighted by Crippen LogP contribution is 2.24. The molecule has 2 aromatic carbocycles. The van der Waals surface area contributed by atoms with Crippen molar-refractivity contribution < 1.29 is 13.2 Å². The van der Waals surface area contributed by atoms with E-state index in [1.165, 1.54) is 41.9 Å². The van der Waals surface area contributed by atoms with Crippen LogP contribution in [0.2, 0.25) is 0 Å². The fourth-order valence-electron chi connectivity index (χ4n) is 4.06. The Labute approximate surface area is 184 Å². The largest absolute Gasteiger partial charge is 0.348 e. The number of rotatable bonds is 7. The van der Waals surface area contributed by atoms with Crippen LogP contribution in [0, 0.1) is 0 Å². The Morgan fingerprint density at radius 2 is 1.58 bits per heavy atom. The summed E-state index contributed by atoms with van der Waals surface area (Å²) in [6, 6.07) is 15.6. The molecule has 164 valence electrons. The molecule has 2 heterocycles. The quantitative estimate of drug-likeness (QED) is 0.673. The lowest BCUT2D eigenvalue weighted by atomic mass is 10.1. The first-order valence-electron chi connectivity index (χ1n) is 10.9. The van der Waals surface area contributed by atoms with Gasteiger partial charge in [0.1, 0.15) is 0 Å². The van der Waals surface area contributed by atoms with Crippen LogP contribution in [0.5, 0.6) is 0 Å². The molecule has 0 radical (unpaired) electrons. The van der Waals surface area contributed by atoms with Gasteiger partial charge in [-0.3, -0.25) is 14.0 Å². The van der Waals surface area contributed by atoms with E-state index in [-0.39, 0.29) is 11.7 Å². The summed E-state index contributed by atoms with van der Waals surface area (Å²) < 4.78 is 25.5. The Kier molecular flexibility index (Phi) is 6.73. The molecule has 2 aliphatic heterocycles. The van der Waals surface area contributed by atoms with Crippen LogP contribution >= 0.6 is 0 Å². The zero-order valence-electron chi connectivity index (χ0n) is 17.7. The van der Waals surface area contributed by atoms with Gasteiger partial charge >= 0.3 is 0 Å². The third-order valence-corrected chi connectivity index (χ3v) is 7.67. The lowest BCUT2D eigenvalue weighted by Crippen LogP contribution is -2.24. The first-order chi connectivity index (χ1) is 15.0. The van der Waals surface area contributed by atoms with Crippen molar-refractivity contribution in [3.8, 4) is 0 Å². The minimum atomic E-state index is -3.17. The van der Waals surface area contributed by atoms with Crippen LogP contribution < -0.4 is 9.62 Å². The number of anilines is 1. The molecule has 0 atom stereocenters. The van der Waals surface area contributed by atoms with Gasteiger partial charge in [-0.2, -0.15) is 0 Å². The number of carbonyl (C=O) groups excluding carboxylic acids is 1. The lowest BCUT2D eigenvalue weighted by molar-refractivity contribution is -0.116. The monoisotopic (exact) mass is 439 g/mol. The highest BCUT2D eigenvalue weighted by atomic mass is 32.2. The number of amides is 1. The Morgan fingerprint density at radius 3 is 2.23 bits per heavy atom. The van der Waals surface area contributed by atoms with Gasteiger partial charge in [0.15, 0.2) is 0 Å². The second-order valence-electron chi connectivity index (χ2n) is 8.18. The predicted molar refractivity (Wildman–Crippen MR) is 124 cm³/mol. The molecule has 0 spiro atoms. The number of nitrogens with zero attached hydrogens (tertiary/aromatic N) is 2. The van der Waals surface area contributed by atoms with Gasteiger partial charge in [-0.1, -0.05) is 36.4 Å². The van der Waals surface area contributed by atoms with E-state index in [9.17, 15) is 13.2 Å². The van der Waals surface area contributed by atoms with Crippen LogP contribution in [0.25, 0.3) is 6.08 Å². The maximum atomic E-state index is 12.2. The molecule has 2 saturated heterocycles. The fourth-order valence-corrected chi connectivity index (χ4v) is 5.63. The van der Waals surface area contributed by atoms with Crippen molar-refractivity contribution in [2.75, 3.05) is 29.7 Å². The van der Waals surface area contributed by atoms with Crippen molar-refractivity contribution in [3.63, 3.8) is 0 Å². The molecule has 1 amide bonds. The number of carbonyl (C=O) groups is 1. The van der Waals surface area contributed by atoms with Crippen molar-refractivity contribution in [1.82, 2.24) is 10.2 Å². The Bertz CT molecular complexity index is 1020. The number of likely N-dealkylation sites (tertiary alicyclic amines) is 1. The van der Waals surface area contributed by atoms with Gasteiger partial charge in [0, 0.05) is 25.7 Å².